The van der Waals surface area contributed by atoms with Crippen molar-refractivity contribution in [3.63, 3.8) is 0 Å². The highest BCUT2D eigenvalue weighted by Gasteiger charge is 2.14. The van der Waals surface area contributed by atoms with Crippen molar-refractivity contribution in [3.05, 3.63) is 36.2 Å². The molecule has 0 saturated heterocycles. The molecule has 2 rings (SSSR count). The van der Waals surface area contributed by atoms with Crippen molar-refractivity contribution in [1.29, 1.82) is 0 Å². The van der Waals surface area contributed by atoms with Gasteiger partial charge in [-0.15, -0.1) is 0 Å². The number of hydrogen-bond donors (Lipinski definition) is 1. The summed E-state index contributed by atoms with van der Waals surface area (Å²) in [5, 5.41) is 3.13. The molecule has 0 aliphatic heterocycles. The van der Waals surface area contributed by atoms with Crippen LogP contribution in [0.3, 0.4) is 0 Å². The fourth-order valence-electron chi connectivity index (χ4n) is 1.96. The van der Waals surface area contributed by atoms with Crippen LogP contribution in [0.1, 0.15) is 32.3 Å². The first kappa shape index (κ1) is 15.1. The summed E-state index contributed by atoms with van der Waals surface area (Å²) in [5.74, 6) is 2.72. The van der Waals surface area contributed by atoms with Crippen LogP contribution in [-0.2, 0) is 0 Å². The minimum absolute atomic E-state index is 0.407. The molecule has 0 atom stereocenters. The maximum absolute atomic E-state index is 5.86. The van der Waals surface area contributed by atoms with Crippen LogP contribution in [0, 0.1) is 0 Å². The van der Waals surface area contributed by atoms with Crippen molar-refractivity contribution in [3.8, 4) is 17.4 Å². The monoisotopic (exact) mass is 287 g/mol. The lowest BCUT2D eigenvalue weighted by Gasteiger charge is -2.13. The van der Waals surface area contributed by atoms with E-state index < -0.39 is 0 Å². The summed E-state index contributed by atoms with van der Waals surface area (Å²) < 4.78 is 11.2. The Morgan fingerprint density at radius 1 is 1.24 bits per heavy atom. The van der Waals surface area contributed by atoms with Crippen LogP contribution in [0.2, 0.25) is 0 Å². The highest BCUT2D eigenvalue weighted by atomic mass is 16.5. The Hall–Kier alpha value is -2.30. The van der Waals surface area contributed by atoms with E-state index in [0.717, 1.165) is 12.3 Å². The number of benzene rings is 1. The lowest BCUT2D eigenvalue weighted by atomic mass is 10.0. The molecule has 0 amide bonds. The molecule has 0 radical (unpaired) electrons. The van der Waals surface area contributed by atoms with Gasteiger partial charge in [0.25, 0.3) is 5.88 Å². The molecule has 1 aromatic heterocycles. The normalized spacial score (nSPS) is 10.5. The largest absolute Gasteiger partial charge is 0.489 e. The van der Waals surface area contributed by atoms with E-state index in [0.29, 0.717) is 23.4 Å². The second kappa shape index (κ2) is 6.92. The number of nitrogens with zero attached hydrogens (tertiary/aromatic N) is 2. The van der Waals surface area contributed by atoms with Crippen LogP contribution >= 0.6 is 0 Å². The third kappa shape index (κ3) is 3.62. The summed E-state index contributed by atoms with van der Waals surface area (Å²) in [4.78, 5) is 8.32. The average Bonchev–Trinajstić information content (AvgIpc) is 2.48. The fraction of sp³-hybridized carbons (Fsp3) is 0.375. The van der Waals surface area contributed by atoms with Crippen molar-refractivity contribution < 1.29 is 9.47 Å². The molecule has 0 spiro atoms. The van der Waals surface area contributed by atoms with Gasteiger partial charge in [0.05, 0.1) is 7.11 Å². The summed E-state index contributed by atoms with van der Waals surface area (Å²) in [5.41, 5.74) is 1.22. The summed E-state index contributed by atoms with van der Waals surface area (Å²) in [6.45, 7) is 7.03. The van der Waals surface area contributed by atoms with Gasteiger partial charge in [-0.1, -0.05) is 26.0 Å². The van der Waals surface area contributed by atoms with Crippen LogP contribution in [0.5, 0.6) is 17.4 Å². The number of methoxy groups -OCH3 is 1. The molecule has 1 aromatic carbocycles. The van der Waals surface area contributed by atoms with Gasteiger partial charge < -0.3 is 14.8 Å². The van der Waals surface area contributed by atoms with Crippen LogP contribution in [-0.4, -0.2) is 23.6 Å². The Balaban J connectivity index is 2.30. The molecule has 0 bridgehead atoms. The maximum Gasteiger partial charge on any atom is 0.268 e. The third-order valence-electron chi connectivity index (χ3n) is 3.06. The first-order valence-corrected chi connectivity index (χ1v) is 7.06. The summed E-state index contributed by atoms with van der Waals surface area (Å²) >= 11 is 0. The van der Waals surface area contributed by atoms with E-state index in [-0.39, 0.29) is 0 Å². The van der Waals surface area contributed by atoms with E-state index >= 15 is 0 Å². The minimum Gasteiger partial charge on any atom is -0.489 e. The smallest absolute Gasteiger partial charge is 0.268 e. The zero-order valence-electron chi connectivity index (χ0n) is 12.9. The molecule has 2 aromatic rings. The standard InChI is InChI=1S/C16H21N3O2/c1-5-17-15-14(20-4)16(19-10-18-15)21-13-8-6-7-12(9-13)11(2)3/h6-11H,5H2,1-4H3,(H,17,18,19). The Labute approximate surface area is 125 Å². The molecular weight excluding hydrogens is 266 g/mol. The number of ether oxygens (including phenoxy) is 2. The molecule has 0 aliphatic rings. The number of nitrogens with one attached hydrogen (secondary N) is 1. The predicted molar refractivity (Wildman–Crippen MR) is 83.4 cm³/mol. The van der Waals surface area contributed by atoms with E-state index in [4.69, 9.17) is 9.47 Å². The zero-order valence-corrected chi connectivity index (χ0v) is 12.9. The second-order valence-corrected chi connectivity index (χ2v) is 4.92. The number of anilines is 1. The van der Waals surface area contributed by atoms with Crippen LogP contribution in [0.15, 0.2) is 30.6 Å². The van der Waals surface area contributed by atoms with Crippen molar-refractivity contribution in [1.82, 2.24) is 9.97 Å². The van der Waals surface area contributed by atoms with Gasteiger partial charge in [-0.2, -0.15) is 4.98 Å². The maximum atomic E-state index is 5.86. The molecule has 0 saturated carbocycles. The molecule has 0 fully saturated rings. The highest BCUT2D eigenvalue weighted by Crippen LogP contribution is 2.34. The number of aromatic nitrogens is 2. The SMILES string of the molecule is CCNc1ncnc(Oc2cccc(C(C)C)c2)c1OC. The summed E-state index contributed by atoms with van der Waals surface area (Å²) in [6, 6.07) is 7.97. The van der Waals surface area contributed by atoms with E-state index in [9.17, 15) is 0 Å². The Morgan fingerprint density at radius 2 is 2.05 bits per heavy atom. The van der Waals surface area contributed by atoms with Crippen LogP contribution in [0.25, 0.3) is 0 Å². The van der Waals surface area contributed by atoms with Crippen molar-refractivity contribution >= 4 is 5.82 Å². The van der Waals surface area contributed by atoms with Crippen molar-refractivity contribution in [2.75, 3.05) is 19.0 Å². The van der Waals surface area contributed by atoms with Gasteiger partial charge >= 0.3 is 0 Å². The van der Waals surface area contributed by atoms with Gasteiger partial charge in [-0.05, 0) is 30.5 Å². The zero-order chi connectivity index (χ0) is 15.2. The average molecular weight is 287 g/mol. The van der Waals surface area contributed by atoms with E-state index in [2.05, 4.69) is 35.2 Å². The fourth-order valence-corrected chi connectivity index (χ4v) is 1.96. The van der Waals surface area contributed by atoms with E-state index in [1.54, 1.807) is 7.11 Å². The minimum atomic E-state index is 0.407. The third-order valence-corrected chi connectivity index (χ3v) is 3.06. The lowest BCUT2D eigenvalue weighted by molar-refractivity contribution is 0.369. The van der Waals surface area contributed by atoms with Gasteiger partial charge in [-0.25, -0.2) is 4.98 Å². The molecule has 21 heavy (non-hydrogen) atoms. The van der Waals surface area contributed by atoms with Gasteiger partial charge in [0.2, 0.25) is 5.75 Å². The Bertz CT molecular complexity index is 600. The molecule has 0 unspecified atom stereocenters. The van der Waals surface area contributed by atoms with Crippen molar-refractivity contribution in [2.24, 2.45) is 0 Å². The van der Waals surface area contributed by atoms with Crippen LogP contribution in [0.4, 0.5) is 5.82 Å². The van der Waals surface area contributed by atoms with Gasteiger partial charge in [-0.3, -0.25) is 0 Å². The summed E-state index contributed by atoms with van der Waals surface area (Å²) in [6.07, 6.45) is 1.46. The van der Waals surface area contributed by atoms with Gasteiger partial charge in [0.15, 0.2) is 5.82 Å². The Morgan fingerprint density at radius 3 is 2.71 bits per heavy atom. The molecule has 112 valence electrons. The summed E-state index contributed by atoms with van der Waals surface area (Å²) in [7, 11) is 1.58. The first-order chi connectivity index (χ1) is 10.2. The van der Waals surface area contributed by atoms with E-state index in [1.807, 2.05) is 25.1 Å². The van der Waals surface area contributed by atoms with E-state index in [1.165, 1.54) is 11.9 Å². The van der Waals surface area contributed by atoms with Gasteiger partial charge in [0, 0.05) is 6.54 Å². The van der Waals surface area contributed by atoms with Gasteiger partial charge in [0.1, 0.15) is 12.1 Å². The molecule has 5 heteroatoms. The lowest BCUT2D eigenvalue weighted by Crippen LogP contribution is -2.04. The number of rotatable bonds is 6. The molecule has 1 heterocycles. The van der Waals surface area contributed by atoms with Crippen molar-refractivity contribution in [2.45, 2.75) is 26.7 Å². The molecule has 5 nitrogen and oxygen atoms in total. The second-order valence-electron chi connectivity index (χ2n) is 4.92. The highest BCUT2D eigenvalue weighted by molar-refractivity contribution is 5.55. The Kier molecular flexibility index (Phi) is 4.98. The topological polar surface area (TPSA) is 56.3 Å². The number of hydrogen-bond acceptors (Lipinski definition) is 5. The predicted octanol–water partition coefficient (Wildman–Crippen LogP) is 3.83. The molecule has 1 N–H and O–H groups in total. The molecule has 0 aliphatic carbocycles. The molecular formula is C16H21N3O2. The first-order valence-electron chi connectivity index (χ1n) is 7.06. The van der Waals surface area contributed by atoms with Crippen LogP contribution < -0.4 is 14.8 Å². The quantitative estimate of drug-likeness (QED) is 0.875.